The highest BCUT2D eigenvalue weighted by atomic mass is 32.2. The van der Waals surface area contributed by atoms with Crippen LogP contribution in [0.5, 0.6) is 11.5 Å². The molecule has 0 radical (unpaired) electrons. The van der Waals surface area contributed by atoms with Gasteiger partial charge in [-0.15, -0.1) is 11.8 Å². The van der Waals surface area contributed by atoms with E-state index in [1.54, 1.807) is 6.07 Å². The first-order chi connectivity index (χ1) is 15.0. The van der Waals surface area contributed by atoms with Gasteiger partial charge in [0.25, 0.3) is 0 Å². The molecule has 0 spiro atoms. The summed E-state index contributed by atoms with van der Waals surface area (Å²) in [5, 5.41) is 39.5. The van der Waals surface area contributed by atoms with Gasteiger partial charge in [0.1, 0.15) is 23.7 Å². The molecular weight excluding hydrogens is 420 g/mol. The summed E-state index contributed by atoms with van der Waals surface area (Å²) in [6.07, 6.45) is -2.40. The number of aryl methyl sites for hydroxylation is 1. The van der Waals surface area contributed by atoms with Gasteiger partial charge in [-0.05, 0) is 29.2 Å². The van der Waals surface area contributed by atoms with Crippen LogP contribution in [0.15, 0.2) is 42.5 Å². The summed E-state index contributed by atoms with van der Waals surface area (Å²) in [6.45, 7) is 1.84. The lowest BCUT2D eigenvalue weighted by molar-refractivity contribution is -0.0910. The van der Waals surface area contributed by atoms with Crippen LogP contribution >= 0.6 is 11.8 Å². The van der Waals surface area contributed by atoms with Crippen LogP contribution in [0, 0.1) is 0 Å². The standard InChI is InChI=1S/C23H30O7S/c1-3-14-4-6-15(7-5-14)10-16-8-9-17(29-13-28-2)11-18(16)30-23-22(27)21(26)20(25)19(12-24)31-23/h4-9,11,19-27H,3,10,12-13H2,1-2H3. The van der Waals surface area contributed by atoms with Gasteiger partial charge in [-0.3, -0.25) is 0 Å². The smallest absolute Gasteiger partial charge is 0.188 e. The van der Waals surface area contributed by atoms with Crippen molar-refractivity contribution >= 4 is 11.8 Å². The fourth-order valence-electron chi connectivity index (χ4n) is 3.41. The van der Waals surface area contributed by atoms with Crippen molar-refractivity contribution in [3.8, 4) is 11.5 Å². The van der Waals surface area contributed by atoms with Crippen molar-refractivity contribution in [2.24, 2.45) is 0 Å². The predicted molar refractivity (Wildman–Crippen MR) is 118 cm³/mol. The van der Waals surface area contributed by atoms with Crippen molar-refractivity contribution in [3.05, 3.63) is 59.2 Å². The molecule has 1 saturated heterocycles. The van der Waals surface area contributed by atoms with E-state index >= 15 is 0 Å². The van der Waals surface area contributed by atoms with Crippen LogP contribution in [0.1, 0.15) is 23.6 Å². The molecule has 1 heterocycles. The van der Waals surface area contributed by atoms with Crippen molar-refractivity contribution in [2.45, 2.75) is 48.8 Å². The molecule has 170 valence electrons. The number of aliphatic hydroxyl groups excluding tert-OH is 4. The third kappa shape index (κ3) is 5.91. The summed E-state index contributed by atoms with van der Waals surface area (Å²) in [6, 6.07) is 13.8. The maximum atomic E-state index is 10.4. The Bertz CT molecular complexity index is 827. The molecule has 0 aromatic heterocycles. The lowest BCUT2D eigenvalue weighted by Crippen LogP contribution is -2.55. The molecule has 0 amide bonds. The highest BCUT2D eigenvalue weighted by Gasteiger charge is 2.44. The zero-order chi connectivity index (χ0) is 22.4. The molecule has 2 aromatic rings. The van der Waals surface area contributed by atoms with Crippen LogP contribution in [-0.2, 0) is 17.6 Å². The van der Waals surface area contributed by atoms with E-state index in [0.29, 0.717) is 17.9 Å². The second-order valence-electron chi connectivity index (χ2n) is 7.48. The van der Waals surface area contributed by atoms with Crippen LogP contribution in [0.2, 0.25) is 0 Å². The zero-order valence-corrected chi connectivity index (χ0v) is 18.5. The van der Waals surface area contributed by atoms with Gasteiger partial charge in [0.2, 0.25) is 0 Å². The Labute approximate surface area is 186 Å². The van der Waals surface area contributed by atoms with E-state index in [9.17, 15) is 20.4 Å². The molecule has 1 fully saturated rings. The first-order valence-corrected chi connectivity index (χ1v) is 11.2. The molecule has 8 heteroatoms. The minimum atomic E-state index is -1.42. The SMILES string of the molecule is CCc1ccc(Cc2ccc(OCOC)cc2OC2SC(CO)C(O)C(O)C2O)cc1. The molecule has 0 bridgehead atoms. The molecule has 0 saturated carbocycles. The first kappa shape index (κ1) is 23.8. The van der Waals surface area contributed by atoms with Crippen molar-refractivity contribution < 1.29 is 34.6 Å². The summed E-state index contributed by atoms with van der Waals surface area (Å²) in [5.41, 5.74) is 2.37. The van der Waals surface area contributed by atoms with Crippen molar-refractivity contribution in [1.82, 2.24) is 0 Å². The minimum Gasteiger partial charge on any atom is -0.476 e. The van der Waals surface area contributed by atoms with Crippen LogP contribution in [0.4, 0.5) is 0 Å². The highest BCUT2D eigenvalue weighted by Crippen LogP contribution is 2.37. The number of rotatable bonds is 9. The average Bonchev–Trinajstić information content (AvgIpc) is 2.79. The first-order valence-electron chi connectivity index (χ1n) is 10.3. The summed E-state index contributed by atoms with van der Waals surface area (Å²) in [4.78, 5) is 0. The number of hydrogen-bond donors (Lipinski definition) is 4. The summed E-state index contributed by atoms with van der Waals surface area (Å²) >= 11 is 1.09. The number of ether oxygens (including phenoxy) is 3. The monoisotopic (exact) mass is 450 g/mol. The molecule has 1 aliphatic rings. The van der Waals surface area contributed by atoms with Gasteiger partial charge in [0.15, 0.2) is 12.2 Å². The summed E-state index contributed by atoms with van der Waals surface area (Å²) in [7, 11) is 1.53. The predicted octanol–water partition coefficient (Wildman–Crippen LogP) is 1.72. The molecule has 1 aliphatic heterocycles. The van der Waals surface area contributed by atoms with Gasteiger partial charge in [0, 0.05) is 19.6 Å². The van der Waals surface area contributed by atoms with Crippen LogP contribution in [0.3, 0.4) is 0 Å². The number of thioether (sulfide) groups is 1. The Morgan fingerprint density at radius 3 is 2.29 bits per heavy atom. The number of methoxy groups -OCH3 is 1. The number of benzene rings is 2. The second-order valence-corrected chi connectivity index (χ2v) is 8.82. The lowest BCUT2D eigenvalue weighted by Gasteiger charge is -2.39. The van der Waals surface area contributed by atoms with Gasteiger partial charge in [0.05, 0.1) is 18.0 Å². The van der Waals surface area contributed by atoms with Gasteiger partial charge in [-0.1, -0.05) is 37.3 Å². The average molecular weight is 451 g/mol. The molecule has 31 heavy (non-hydrogen) atoms. The minimum absolute atomic E-state index is 0.0789. The Morgan fingerprint density at radius 2 is 1.65 bits per heavy atom. The van der Waals surface area contributed by atoms with Crippen LogP contribution < -0.4 is 9.47 Å². The van der Waals surface area contributed by atoms with Gasteiger partial charge in [-0.25, -0.2) is 0 Å². The Kier molecular flexibility index (Phi) is 8.59. The fraction of sp³-hybridized carbons (Fsp3) is 0.478. The normalized spacial score (nSPS) is 25.9. The van der Waals surface area contributed by atoms with Crippen LogP contribution in [0.25, 0.3) is 0 Å². The van der Waals surface area contributed by atoms with Crippen molar-refractivity contribution in [3.63, 3.8) is 0 Å². The van der Waals surface area contributed by atoms with E-state index in [4.69, 9.17) is 14.2 Å². The topological polar surface area (TPSA) is 109 Å². The number of hydrogen-bond acceptors (Lipinski definition) is 8. The van der Waals surface area contributed by atoms with Crippen molar-refractivity contribution in [1.29, 1.82) is 0 Å². The second kappa shape index (κ2) is 11.2. The lowest BCUT2D eigenvalue weighted by atomic mass is 10.0. The third-order valence-corrected chi connectivity index (χ3v) is 6.72. The molecule has 5 unspecified atom stereocenters. The van der Waals surface area contributed by atoms with Crippen molar-refractivity contribution in [2.75, 3.05) is 20.5 Å². The fourth-order valence-corrected chi connectivity index (χ4v) is 4.64. The maximum absolute atomic E-state index is 10.4. The van der Waals surface area contributed by atoms with Gasteiger partial charge in [-0.2, -0.15) is 0 Å². The molecule has 5 atom stereocenters. The molecule has 2 aromatic carbocycles. The van der Waals surface area contributed by atoms with E-state index in [1.807, 2.05) is 12.1 Å². The zero-order valence-electron chi connectivity index (χ0n) is 17.7. The Morgan fingerprint density at radius 1 is 0.935 bits per heavy atom. The molecule has 3 rings (SSSR count). The Hall–Kier alpha value is -1.81. The van der Waals surface area contributed by atoms with E-state index in [2.05, 4.69) is 31.2 Å². The molecular formula is C23H30O7S. The van der Waals surface area contributed by atoms with E-state index < -0.39 is 29.0 Å². The van der Waals surface area contributed by atoms with Gasteiger partial charge >= 0.3 is 0 Å². The molecule has 4 N–H and O–H groups in total. The summed E-state index contributed by atoms with van der Waals surface area (Å²) < 4.78 is 16.6. The van der Waals surface area contributed by atoms with E-state index in [1.165, 1.54) is 12.7 Å². The third-order valence-electron chi connectivity index (χ3n) is 5.30. The van der Waals surface area contributed by atoms with E-state index in [-0.39, 0.29) is 13.4 Å². The van der Waals surface area contributed by atoms with E-state index in [0.717, 1.165) is 29.3 Å². The number of aliphatic hydroxyl groups is 4. The largest absolute Gasteiger partial charge is 0.476 e. The van der Waals surface area contributed by atoms with Gasteiger partial charge < -0.3 is 34.6 Å². The quantitative estimate of drug-likeness (QED) is 0.428. The highest BCUT2D eigenvalue weighted by molar-refractivity contribution is 8.00. The Balaban J connectivity index is 1.86. The maximum Gasteiger partial charge on any atom is 0.188 e. The molecule has 7 nitrogen and oxygen atoms in total. The summed E-state index contributed by atoms with van der Waals surface area (Å²) in [5.74, 6) is 1.03. The van der Waals surface area contributed by atoms with Crippen LogP contribution in [-0.4, -0.2) is 69.9 Å². The molecule has 0 aliphatic carbocycles.